The Labute approximate surface area is 154 Å². The first-order chi connectivity index (χ1) is 12.6. The molecule has 3 rings (SSSR count). The van der Waals surface area contributed by atoms with Gasteiger partial charge in [0.2, 0.25) is 0 Å². The molecular formula is C18H19FN4O2S. The summed E-state index contributed by atoms with van der Waals surface area (Å²) in [7, 11) is 1.56. The van der Waals surface area contributed by atoms with Crippen LogP contribution < -0.4 is 11.1 Å². The third-order valence-electron chi connectivity index (χ3n) is 3.96. The number of pyridine rings is 1. The smallest absolute Gasteiger partial charge is 0.272 e. The van der Waals surface area contributed by atoms with Gasteiger partial charge < -0.3 is 15.8 Å². The number of hydrogen-bond donors (Lipinski definition) is 2. The number of benzene rings is 1. The predicted molar refractivity (Wildman–Crippen MR) is 101 cm³/mol. The van der Waals surface area contributed by atoms with Crippen molar-refractivity contribution < 1.29 is 13.9 Å². The highest BCUT2D eigenvalue weighted by molar-refractivity contribution is 7.13. The zero-order valence-corrected chi connectivity index (χ0v) is 15.3. The van der Waals surface area contributed by atoms with Crippen LogP contribution in [0, 0.1) is 5.82 Å². The maximum Gasteiger partial charge on any atom is 0.272 e. The molecule has 0 fully saturated rings. The molecule has 0 saturated heterocycles. The first-order valence-electron chi connectivity index (χ1n) is 8.15. The van der Waals surface area contributed by atoms with E-state index in [1.165, 1.54) is 23.6 Å². The number of halogens is 1. The lowest BCUT2D eigenvalue weighted by Crippen LogP contribution is -2.26. The molecule has 3 N–H and O–H groups in total. The number of carbonyl (C=O) groups is 1. The van der Waals surface area contributed by atoms with Gasteiger partial charge >= 0.3 is 0 Å². The number of nitrogens with zero attached hydrogens (tertiary/aromatic N) is 2. The first kappa shape index (κ1) is 18.2. The van der Waals surface area contributed by atoms with Gasteiger partial charge in [-0.15, -0.1) is 11.3 Å². The Morgan fingerprint density at radius 1 is 1.35 bits per heavy atom. The minimum Gasteiger partial charge on any atom is -0.396 e. The van der Waals surface area contributed by atoms with Crippen molar-refractivity contribution in [1.29, 1.82) is 0 Å². The number of nitrogens with two attached hydrogens (primary N) is 1. The number of ether oxygens (including phenoxy) is 1. The van der Waals surface area contributed by atoms with E-state index in [-0.39, 0.29) is 23.9 Å². The molecule has 0 aliphatic heterocycles. The number of nitrogen functional groups attached to an aromatic ring is 1. The van der Waals surface area contributed by atoms with Crippen LogP contribution in [0.2, 0.25) is 0 Å². The molecule has 2 heterocycles. The van der Waals surface area contributed by atoms with Crippen molar-refractivity contribution in [2.45, 2.75) is 20.0 Å². The SMILES string of the molecule is CCCNC(=O)c1ncc2c(-c3scnc3COC)c(F)ccc2c1N. The molecule has 2 aromatic heterocycles. The van der Waals surface area contributed by atoms with Crippen molar-refractivity contribution in [1.82, 2.24) is 15.3 Å². The van der Waals surface area contributed by atoms with Crippen LogP contribution in [0.3, 0.4) is 0 Å². The minimum atomic E-state index is -0.400. The maximum atomic E-state index is 14.7. The standard InChI is InChI=1S/C18H19FN4O2S/c1-3-6-21-18(24)16-15(20)10-4-5-12(19)14(11(10)7-22-16)17-13(8-25-2)23-9-26-17/h4-5,7,9H,3,6,8,20H2,1-2H3,(H,21,24). The zero-order valence-electron chi connectivity index (χ0n) is 14.5. The average Bonchev–Trinajstić information content (AvgIpc) is 3.08. The number of anilines is 1. The fourth-order valence-electron chi connectivity index (χ4n) is 2.73. The lowest BCUT2D eigenvalue weighted by atomic mass is 10.0. The quantitative estimate of drug-likeness (QED) is 0.690. The van der Waals surface area contributed by atoms with E-state index in [0.717, 1.165) is 6.42 Å². The van der Waals surface area contributed by atoms with Gasteiger partial charge in [0.15, 0.2) is 5.69 Å². The topological polar surface area (TPSA) is 90.1 Å². The summed E-state index contributed by atoms with van der Waals surface area (Å²) in [5, 5.41) is 3.87. The van der Waals surface area contributed by atoms with E-state index in [9.17, 15) is 9.18 Å². The third-order valence-corrected chi connectivity index (χ3v) is 4.85. The van der Waals surface area contributed by atoms with Crippen LogP contribution in [-0.4, -0.2) is 29.5 Å². The molecule has 1 amide bonds. The number of rotatable bonds is 6. The summed E-state index contributed by atoms with van der Waals surface area (Å²) < 4.78 is 19.8. The first-order valence-corrected chi connectivity index (χ1v) is 9.03. The van der Waals surface area contributed by atoms with Crippen molar-refractivity contribution in [3.63, 3.8) is 0 Å². The van der Waals surface area contributed by atoms with Crippen LogP contribution >= 0.6 is 11.3 Å². The van der Waals surface area contributed by atoms with E-state index in [1.807, 2.05) is 6.92 Å². The van der Waals surface area contributed by atoms with Gasteiger partial charge in [-0.25, -0.2) is 14.4 Å². The molecule has 0 aliphatic carbocycles. The van der Waals surface area contributed by atoms with Gasteiger partial charge in [-0.05, 0) is 18.6 Å². The molecule has 0 atom stereocenters. The second kappa shape index (κ2) is 7.76. The highest BCUT2D eigenvalue weighted by Crippen LogP contribution is 2.38. The van der Waals surface area contributed by atoms with Gasteiger partial charge in [-0.1, -0.05) is 6.92 Å². The summed E-state index contributed by atoms with van der Waals surface area (Å²) in [6.07, 6.45) is 2.30. The fourth-order valence-corrected chi connectivity index (χ4v) is 3.59. The van der Waals surface area contributed by atoms with Gasteiger partial charge in [-0.2, -0.15) is 0 Å². The Hall–Kier alpha value is -2.58. The molecule has 0 aliphatic rings. The van der Waals surface area contributed by atoms with Gasteiger partial charge in [0.1, 0.15) is 5.82 Å². The Morgan fingerprint density at radius 3 is 2.88 bits per heavy atom. The molecular weight excluding hydrogens is 355 g/mol. The van der Waals surface area contributed by atoms with Crippen LogP contribution in [0.15, 0.2) is 23.8 Å². The zero-order chi connectivity index (χ0) is 18.7. The van der Waals surface area contributed by atoms with E-state index in [0.29, 0.717) is 33.5 Å². The van der Waals surface area contributed by atoms with E-state index < -0.39 is 5.82 Å². The predicted octanol–water partition coefficient (Wildman–Crippen LogP) is 3.37. The molecule has 6 nitrogen and oxygen atoms in total. The highest BCUT2D eigenvalue weighted by atomic mass is 32.1. The van der Waals surface area contributed by atoms with Gasteiger partial charge in [-0.3, -0.25) is 4.79 Å². The van der Waals surface area contributed by atoms with E-state index in [4.69, 9.17) is 10.5 Å². The van der Waals surface area contributed by atoms with E-state index in [2.05, 4.69) is 15.3 Å². The molecule has 0 spiro atoms. The minimum absolute atomic E-state index is 0.143. The van der Waals surface area contributed by atoms with E-state index in [1.54, 1.807) is 18.7 Å². The summed E-state index contributed by atoms with van der Waals surface area (Å²) in [6.45, 7) is 2.77. The van der Waals surface area contributed by atoms with Crippen molar-refractivity contribution in [3.05, 3.63) is 41.0 Å². The van der Waals surface area contributed by atoms with Gasteiger partial charge in [0, 0.05) is 36.2 Å². The number of thiazole rings is 1. The number of aromatic nitrogens is 2. The summed E-state index contributed by atoms with van der Waals surface area (Å²) in [4.78, 5) is 21.3. The summed E-state index contributed by atoms with van der Waals surface area (Å²) in [5.41, 5.74) is 9.21. The molecule has 26 heavy (non-hydrogen) atoms. The van der Waals surface area contributed by atoms with Crippen molar-refractivity contribution in [2.75, 3.05) is 19.4 Å². The Balaban J connectivity index is 2.17. The third kappa shape index (κ3) is 3.25. The summed E-state index contributed by atoms with van der Waals surface area (Å²) in [5.74, 6) is -0.738. The number of amides is 1. The molecule has 3 aromatic rings. The normalized spacial score (nSPS) is 11.0. The fraction of sp³-hybridized carbons (Fsp3) is 0.278. The summed E-state index contributed by atoms with van der Waals surface area (Å²) in [6, 6.07) is 2.91. The Morgan fingerprint density at radius 2 is 2.15 bits per heavy atom. The second-order valence-electron chi connectivity index (χ2n) is 5.72. The molecule has 0 bridgehead atoms. The molecule has 1 aromatic carbocycles. The molecule has 0 radical (unpaired) electrons. The lowest BCUT2D eigenvalue weighted by Gasteiger charge is -2.12. The molecule has 0 saturated carbocycles. The molecule has 0 unspecified atom stereocenters. The monoisotopic (exact) mass is 374 g/mol. The Kier molecular flexibility index (Phi) is 5.43. The molecule has 8 heteroatoms. The van der Waals surface area contributed by atoms with Gasteiger partial charge in [0.25, 0.3) is 5.91 Å². The Bertz CT molecular complexity index is 958. The van der Waals surface area contributed by atoms with Crippen LogP contribution in [0.1, 0.15) is 29.5 Å². The number of fused-ring (bicyclic) bond motifs is 1. The van der Waals surface area contributed by atoms with Crippen LogP contribution in [-0.2, 0) is 11.3 Å². The van der Waals surface area contributed by atoms with Crippen molar-refractivity contribution in [3.8, 4) is 10.4 Å². The number of methoxy groups -OCH3 is 1. The highest BCUT2D eigenvalue weighted by Gasteiger charge is 2.20. The van der Waals surface area contributed by atoms with Crippen molar-refractivity contribution in [2.24, 2.45) is 0 Å². The largest absolute Gasteiger partial charge is 0.396 e. The second-order valence-corrected chi connectivity index (χ2v) is 6.58. The number of nitrogens with one attached hydrogen (secondary N) is 1. The van der Waals surface area contributed by atoms with Gasteiger partial charge in [0.05, 0.1) is 28.4 Å². The van der Waals surface area contributed by atoms with Crippen LogP contribution in [0.4, 0.5) is 10.1 Å². The van der Waals surface area contributed by atoms with Crippen LogP contribution in [0.25, 0.3) is 21.2 Å². The summed E-state index contributed by atoms with van der Waals surface area (Å²) >= 11 is 1.32. The number of carbonyl (C=O) groups excluding carboxylic acids is 1. The number of hydrogen-bond acceptors (Lipinski definition) is 6. The maximum absolute atomic E-state index is 14.7. The van der Waals surface area contributed by atoms with E-state index >= 15 is 0 Å². The lowest BCUT2D eigenvalue weighted by molar-refractivity contribution is 0.0950. The molecule has 136 valence electrons. The van der Waals surface area contributed by atoms with Crippen LogP contribution in [0.5, 0.6) is 0 Å². The van der Waals surface area contributed by atoms with Crippen molar-refractivity contribution >= 4 is 33.7 Å². The average molecular weight is 374 g/mol.